The van der Waals surface area contributed by atoms with E-state index >= 15 is 0 Å². The van der Waals surface area contributed by atoms with E-state index in [1.54, 1.807) is 0 Å². The molecule has 4 rings (SSSR count). The molecule has 0 bridgehead atoms. The van der Waals surface area contributed by atoms with Crippen molar-refractivity contribution in [3.63, 3.8) is 0 Å². The Balaban J connectivity index is 2.27. The Morgan fingerprint density at radius 2 is 0.958 bits per heavy atom. The summed E-state index contributed by atoms with van der Waals surface area (Å²) in [6.07, 6.45) is 0. The van der Waals surface area contributed by atoms with Gasteiger partial charge in [0.05, 0.1) is 0 Å². The number of benzene rings is 4. The summed E-state index contributed by atoms with van der Waals surface area (Å²) >= 11 is 4.97. The largest absolute Gasteiger partial charge is 0.0614 e. The molecule has 0 aliphatic carbocycles. The summed E-state index contributed by atoms with van der Waals surface area (Å²) in [6.45, 7) is 4.43. The van der Waals surface area contributed by atoms with Crippen LogP contribution in [0.15, 0.2) is 60.7 Å². The van der Waals surface area contributed by atoms with Crippen molar-refractivity contribution in [1.82, 2.24) is 0 Å². The average Bonchev–Trinajstić information content (AvgIpc) is 2.57. The molecular weight excluding hydrogens is 518 g/mol. The van der Waals surface area contributed by atoms with Gasteiger partial charge in [0.1, 0.15) is 0 Å². The normalized spacial score (nSPS) is 11.3. The van der Waals surface area contributed by atoms with Crippen LogP contribution >= 0.6 is 45.2 Å². The molecule has 4 aromatic rings. The van der Waals surface area contributed by atoms with Gasteiger partial charge >= 0.3 is 0 Å². The van der Waals surface area contributed by atoms with Crippen LogP contribution in [0.5, 0.6) is 0 Å². The molecule has 0 N–H and O–H groups in total. The van der Waals surface area contributed by atoms with Crippen molar-refractivity contribution in [2.75, 3.05) is 0 Å². The summed E-state index contributed by atoms with van der Waals surface area (Å²) in [7, 11) is 0. The van der Waals surface area contributed by atoms with Crippen LogP contribution in [0.2, 0.25) is 0 Å². The minimum atomic E-state index is 1.31. The SMILES string of the molecule is Cc1cccc2ccc(I)c(-c3c(I)ccc4cccc(C)c34)c12. The Bertz CT molecular complexity index is 1000. The fraction of sp³-hybridized carbons (Fsp3) is 0.0909. The summed E-state index contributed by atoms with van der Waals surface area (Å²) in [5.74, 6) is 0. The molecule has 0 unspecified atom stereocenters. The first-order valence-corrected chi connectivity index (χ1v) is 10.1. The van der Waals surface area contributed by atoms with E-state index in [9.17, 15) is 0 Å². The van der Waals surface area contributed by atoms with Gasteiger partial charge in [-0.2, -0.15) is 0 Å². The molecule has 0 spiro atoms. The first-order chi connectivity index (χ1) is 11.6. The van der Waals surface area contributed by atoms with Crippen molar-refractivity contribution in [2.45, 2.75) is 13.8 Å². The monoisotopic (exact) mass is 534 g/mol. The third kappa shape index (κ3) is 2.54. The van der Waals surface area contributed by atoms with Crippen molar-refractivity contribution in [1.29, 1.82) is 0 Å². The lowest BCUT2D eigenvalue weighted by molar-refractivity contribution is 1.49. The van der Waals surface area contributed by atoms with Gasteiger partial charge in [0.25, 0.3) is 0 Å². The van der Waals surface area contributed by atoms with E-state index in [2.05, 4.69) is 120 Å². The molecule has 0 nitrogen and oxygen atoms in total. The molecule has 0 fully saturated rings. The van der Waals surface area contributed by atoms with Crippen LogP contribution in [0.4, 0.5) is 0 Å². The maximum atomic E-state index is 2.49. The van der Waals surface area contributed by atoms with Gasteiger partial charge in [0.15, 0.2) is 0 Å². The first kappa shape index (κ1) is 16.3. The second kappa shape index (κ2) is 6.30. The van der Waals surface area contributed by atoms with E-state index in [-0.39, 0.29) is 0 Å². The van der Waals surface area contributed by atoms with Crippen LogP contribution < -0.4 is 0 Å². The van der Waals surface area contributed by atoms with E-state index in [1.165, 1.54) is 50.9 Å². The van der Waals surface area contributed by atoms with E-state index in [4.69, 9.17) is 0 Å². The topological polar surface area (TPSA) is 0 Å². The van der Waals surface area contributed by atoms with Crippen molar-refractivity contribution < 1.29 is 0 Å². The first-order valence-electron chi connectivity index (χ1n) is 7.94. The molecule has 0 heterocycles. The third-order valence-electron chi connectivity index (χ3n) is 4.66. The fourth-order valence-electron chi connectivity index (χ4n) is 3.56. The maximum Gasteiger partial charge on any atom is 0.0215 e. The summed E-state index contributed by atoms with van der Waals surface area (Å²) in [4.78, 5) is 0. The summed E-state index contributed by atoms with van der Waals surface area (Å²) in [6, 6.07) is 22.1. The van der Waals surface area contributed by atoms with Gasteiger partial charge < -0.3 is 0 Å². The molecular formula is C22H16I2. The Kier molecular flexibility index (Phi) is 4.29. The molecule has 0 radical (unpaired) electrons. The smallest absolute Gasteiger partial charge is 0.0215 e. The molecule has 2 heteroatoms. The number of rotatable bonds is 1. The number of halogens is 2. The van der Waals surface area contributed by atoms with Gasteiger partial charge in [-0.1, -0.05) is 48.5 Å². The van der Waals surface area contributed by atoms with Crippen LogP contribution in [-0.4, -0.2) is 0 Å². The fourth-order valence-corrected chi connectivity index (χ4v) is 5.00. The number of aryl methyl sites for hydroxylation is 2. The van der Waals surface area contributed by atoms with Crippen molar-refractivity contribution >= 4 is 66.7 Å². The zero-order valence-corrected chi connectivity index (χ0v) is 17.8. The van der Waals surface area contributed by atoms with Crippen LogP contribution in [0.1, 0.15) is 11.1 Å². The predicted molar refractivity (Wildman–Crippen MR) is 122 cm³/mol. The Morgan fingerprint density at radius 1 is 0.542 bits per heavy atom. The van der Waals surface area contributed by atoms with Crippen molar-refractivity contribution in [2.24, 2.45) is 0 Å². The van der Waals surface area contributed by atoms with Crippen LogP contribution in [0.25, 0.3) is 32.7 Å². The van der Waals surface area contributed by atoms with Crippen molar-refractivity contribution in [3.05, 3.63) is 78.9 Å². The number of fused-ring (bicyclic) bond motifs is 2. The maximum absolute atomic E-state index is 2.49. The Hall–Kier alpha value is -1.14. The summed E-state index contributed by atoms with van der Waals surface area (Å²) in [5, 5.41) is 5.37. The minimum Gasteiger partial charge on any atom is -0.0614 e. The molecule has 0 saturated carbocycles. The van der Waals surface area contributed by atoms with Crippen LogP contribution in [0.3, 0.4) is 0 Å². The second-order valence-corrected chi connectivity index (χ2v) is 8.52. The van der Waals surface area contributed by atoms with Gasteiger partial charge in [0.2, 0.25) is 0 Å². The number of hydrogen-bond donors (Lipinski definition) is 0. The predicted octanol–water partition coefficient (Wildman–Crippen LogP) is 7.49. The van der Waals surface area contributed by atoms with Crippen molar-refractivity contribution in [3.8, 4) is 11.1 Å². The quantitative estimate of drug-likeness (QED) is 0.222. The molecule has 0 aromatic heterocycles. The molecule has 0 saturated heterocycles. The van der Waals surface area contributed by atoms with Gasteiger partial charge in [-0.3, -0.25) is 0 Å². The summed E-state index contributed by atoms with van der Waals surface area (Å²) < 4.78 is 2.62. The highest BCUT2D eigenvalue weighted by atomic mass is 127. The van der Waals surface area contributed by atoms with E-state index in [1.807, 2.05) is 0 Å². The molecule has 0 aliphatic rings. The van der Waals surface area contributed by atoms with Gasteiger partial charge in [-0.25, -0.2) is 0 Å². The standard InChI is InChI=1S/C22H16I2/c1-13-5-3-7-15-9-11-17(23)21(19(13)15)22-18(24)12-10-16-8-4-6-14(2)20(16)22/h3-12H,1-2H3. The Morgan fingerprint density at radius 3 is 1.38 bits per heavy atom. The van der Waals surface area contributed by atoms with Crippen LogP contribution in [-0.2, 0) is 0 Å². The second-order valence-electron chi connectivity index (χ2n) is 6.19. The van der Waals surface area contributed by atoms with Gasteiger partial charge in [-0.05, 0) is 104 Å². The highest BCUT2D eigenvalue weighted by Crippen LogP contribution is 2.42. The molecule has 0 amide bonds. The summed E-state index contributed by atoms with van der Waals surface area (Å²) in [5.41, 5.74) is 5.41. The minimum absolute atomic E-state index is 1.31. The zero-order chi connectivity index (χ0) is 16.8. The lowest BCUT2D eigenvalue weighted by Gasteiger charge is -2.17. The molecule has 24 heavy (non-hydrogen) atoms. The molecule has 118 valence electrons. The highest BCUT2D eigenvalue weighted by Gasteiger charge is 2.17. The zero-order valence-electron chi connectivity index (χ0n) is 13.5. The lowest BCUT2D eigenvalue weighted by Crippen LogP contribution is -1.94. The van der Waals surface area contributed by atoms with Gasteiger partial charge in [-0.15, -0.1) is 0 Å². The Labute approximate surface area is 169 Å². The van der Waals surface area contributed by atoms with Crippen LogP contribution in [0, 0.1) is 21.0 Å². The van der Waals surface area contributed by atoms with E-state index in [0.29, 0.717) is 0 Å². The van der Waals surface area contributed by atoms with E-state index < -0.39 is 0 Å². The van der Waals surface area contributed by atoms with E-state index in [0.717, 1.165) is 0 Å². The van der Waals surface area contributed by atoms with Gasteiger partial charge in [0, 0.05) is 18.3 Å². The molecule has 4 aromatic carbocycles. The number of hydrogen-bond acceptors (Lipinski definition) is 0. The molecule has 0 aliphatic heterocycles. The third-order valence-corrected chi connectivity index (χ3v) is 6.45. The lowest BCUT2D eigenvalue weighted by atomic mass is 9.90. The molecule has 0 atom stereocenters. The highest BCUT2D eigenvalue weighted by molar-refractivity contribution is 14.1. The average molecular weight is 534 g/mol.